The quantitative estimate of drug-likeness (QED) is 0.469. The van der Waals surface area contributed by atoms with Crippen LogP contribution in [0.1, 0.15) is 33.1 Å². The van der Waals surface area contributed by atoms with E-state index in [1.165, 1.54) is 4.90 Å². The predicted molar refractivity (Wildman–Crippen MR) is 70.0 cm³/mol. The summed E-state index contributed by atoms with van der Waals surface area (Å²) >= 11 is 0. The van der Waals surface area contributed by atoms with Gasteiger partial charge < -0.3 is 10.4 Å². The van der Waals surface area contributed by atoms with Crippen molar-refractivity contribution in [2.75, 3.05) is 19.6 Å². The van der Waals surface area contributed by atoms with E-state index in [0.29, 0.717) is 6.54 Å². The van der Waals surface area contributed by atoms with Gasteiger partial charge in [-0.1, -0.05) is 25.7 Å². The number of nitrogens with one attached hydrogen (secondary N) is 1. The van der Waals surface area contributed by atoms with E-state index in [0.717, 1.165) is 19.3 Å². The van der Waals surface area contributed by atoms with E-state index in [1.807, 2.05) is 0 Å². The molecule has 0 bridgehead atoms. The zero-order valence-electron chi connectivity index (χ0n) is 11.1. The largest absolute Gasteiger partial charge is 0.480 e. The van der Waals surface area contributed by atoms with Crippen molar-refractivity contribution >= 4 is 11.9 Å². The van der Waals surface area contributed by atoms with E-state index in [4.69, 9.17) is 11.5 Å². The molecule has 1 unspecified atom stereocenters. The molecule has 1 amide bonds. The Morgan fingerprint density at radius 1 is 1.44 bits per heavy atom. The summed E-state index contributed by atoms with van der Waals surface area (Å²) in [4.78, 5) is 23.9. The van der Waals surface area contributed by atoms with Crippen LogP contribution in [0.25, 0.3) is 0 Å². The molecule has 1 atom stereocenters. The normalized spacial score (nSPS) is 11.9. The molecule has 0 saturated heterocycles. The van der Waals surface area contributed by atoms with Crippen molar-refractivity contribution in [1.82, 2.24) is 10.2 Å². The van der Waals surface area contributed by atoms with Gasteiger partial charge in [0.1, 0.15) is 0 Å². The second-order valence-electron chi connectivity index (χ2n) is 4.18. The Morgan fingerprint density at radius 3 is 2.61 bits per heavy atom. The third kappa shape index (κ3) is 6.92. The molecule has 0 saturated carbocycles. The molecule has 0 heterocycles. The Morgan fingerprint density at radius 2 is 2.11 bits per heavy atom. The van der Waals surface area contributed by atoms with Crippen molar-refractivity contribution in [2.24, 2.45) is 0 Å². The molecular formula is C13H22N2O3. The number of hydrogen-bond donors (Lipinski definition) is 2. The maximum Gasteiger partial charge on any atom is 0.317 e. The lowest BCUT2D eigenvalue weighted by Gasteiger charge is -2.24. The number of carbonyl (C=O) groups excluding carboxylic acids is 1. The highest BCUT2D eigenvalue weighted by Crippen LogP contribution is 1.99. The van der Waals surface area contributed by atoms with Crippen molar-refractivity contribution in [3.8, 4) is 12.3 Å². The molecule has 5 heteroatoms. The van der Waals surface area contributed by atoms with Crippen molar-refractivity contribution < 1.29 is 14.7 Å². The monoisotopic (exact) mass is 254 g/mol. The minimum absolute atomic E-state index is 0.149. The van der Waals surface area contributed by atoms with Gasteiger partial charge in [-0.25, -0.2) is 0 Å². The third-order valence-electron chi connectivity index (χ3n) is 2.64. The van der Waals surface area contributed by atoms with Gasteiger partial charge in [-0.3, -0.25) is 14.5 Å². The third-order valence-corrected chi connectivity index (χ3v) is 2.64. The van der Waals surface area contributed by atoms with E-state index in [9.17, 15) is 9.59 Å². The van der Waals surface area contributed by atoms with Crippen molar-refractivity contribution in [1.29, 1.82) is 0 Å². The summed E-state index contributed by atoms with van der Waals surface area (Å²) in [6.07, 6.45) is 8.26. The first-order valence-corrected chi connectivity index (χ1v) is 6.19. The van der Waals surface area contributed by atoms with Crippen LogP contribution in [0.5, 0.6) is 0 Å². The molecule has 0 aliphatic rings. The van der Waals surface area contributed by atoms with Gasteiger partial charge in [0.05, 0.1) is 19.1 Å². The van der Waals surface area contributed by atoms with Crippen LogP contribution >= 0.6 is 0 Å². The summed E-state index contributed by atoms with van der Waals surface area (Å²) in [5.74, 6) is 1.20. The zero-order chi connectivity index (χ0) is 14.0. The lowest BCUT2D eigenvalue weighted by Crippen LogP contribution is -2.47. The minimum atomic E-state index is -0.990. The molecule has 0 aliphatic carbocycles. The topological polar surface area (TPSA) is 69.6 Å². The molecule has 0 fully saturated rings. The Hall–Kier alpha value is -1.54. The molecule has 0 spiro atoms. The second-order valence-corrected chi connectivity index (χ2v) is 4.18. The highest BCUT2D eigenvalue weighted by Gasteiger charge is 2.22. The van der Waals surface area contributed by atoms with Crippen LogP contribution in [-0.4, -0.2) is 47.6 Å². The SMILES string of the molecule is C#CCN(CC(=O)O)C(C)C(=O)NCCCCC. The first-order valence-electron chi connectivity index (χ1n) is 6.19. The van der Waals surface area contributed by atoms with Gasteiger partial charge in [0, 0.05) is 6.54 Å². The van der Waals surface area contributed by atoms with Gasteiger partial charge in [0.2, 0.25) is 5.91 Å². The number of nitrogens with zero attached hydrogens (tertiary/aromatic N) is 1. The molecule has 0 aromatic carbocycles. The van der Waals surface area contributed by atoms with Crippen molar-refractivity contribution in [3.05, 3.63) is 0 Å². The molecule has 0 radical (unpaired) electrons. The molecule has 18 heavy (non-hydrogen) atoms. The first kappa shape index (κ1) is 16.5. The number of aliphatic carboxylic acids is 1. The predicted octanol–water partition coefficient (Wildman–Crippen LogP) is 0.701. The molecular weight excluding hydrogens is 232 g/mol. The fraction of sp³-hybridized carbons (Fsp3) is 0.692. The number of carbonyl (C=O) groups is 2. The van der Waals surface area contributed by atoms with Crippen molar-refractivity contribution in [2.45, 2.75) is 39.2 Å². The highest BCUT2D eigenvalue weighted by atomic mass is 16.4. The van der Waals surface area contributed by atoms with Crippen LogP contribution < -0.4 is 5.32 Å². The van der Waals surface area contributed by atoms with Gasteiger partial charge in [-0.15, -0.1) is 6.42 Å². The number of carboxylic acids is 1. The summed E-state index contributed by atoms with van der Waals surface area (Å²) < 4.78 is 0. The van der Waals surface area contributed by atoms with E-state index in [1.54, 1.807) is 6.92 Å². The zero-order valence-corrected chi connectivity index (χ0v) is 11.1. The Labute approximate surface area is 109 Å². The molecule has 0 aromatic rings. The van der Waals surface area contributed by atoms with Gasteiger partial charge in [-0.05, 0) is 13.3 Å². The Balaban J connectivity index is 4.20. The molecule has 0 aliphatic heterocycles. The van der Waals surface area contributed by atoms with Crippen LogP contribution in [-0.2, 0) is 9.59 Å². The Bertz CT molecular complexity index is 310. The van der Waals surface area contributed by atoms with Crippen LogP contribution in [0.2, 0.25) is 0 Å². The summed E-state index contributed by atoms with van der Waals surface area (Å²) in [6.45, 7) is 4.29. The average molecular weight is 254 g/mol. The van der Waals surface area contributed by atoms with Gasteiger partial charge in [0.25, 0.3) is 0 Å². The molecule has 5 nitrogen and oxygen atoms in total. The fourth-order valence-corrected chi connectivity index (χ4v) is 1.52. The lowest BCUT2D eigenvalue weighted by molar-refractivity contribution is -0.139. The Kier molecular flexibility index (Phi) is 8.67. The van der Waals surface area contributed by atoms with Gasteiger partial charge >= 0.3 is 5.97 Å². The van der Waals surface area contributed by atoms with E-state index < -0.39 is 12.0 Å². The fourth-order valence-electron chi connectivity index (χ4n) is 1.52. The summed E-state index contributed by atoms with van der Waals surface area (Å²) in [7, 11) is 0. The van der Waals surface area contributed by atoms with Gasteiger partial charge in [-0.2, -0.15) is 0 Å². The van der Waals surface area contributed by atoms with E-state index in [2.05, 4.69) is 18.2 Å². The number of rotatable bonds is 9. The molecule has 2 N–H and O–H groups in total. The standard InChI is InChI=1S/C13H22N2O3/c1-4-6-7-8-14-13(18)11(3)15(9-5-2)10-12(16)17/h2,11H,4,6-10H2,1,3H3,(H,14,18)(H,16,17). The van der Waals surface area contributed by atoms with Crippen LogP contribution in [0.3, 0.4) is 0 Å². The number of carboxylic acid groups (broad SMARTS) is 1. The number of amides is 1. The molecule has 102 valence electrons. The maximum atomic E-state index is 11.8. The van der Waals surface area contributed by atoms with E-state index >= 15 is 0 Å². The second kappa shape index (κ2) is 9.49. The van der Waals surface area contributed by atoms with Crippen LogP contribution in [0, 0.1) is 12.3 Å². The number of unbranched alkanes of at least 4 members (excludes halogenated alkanes) is 2. The maximum absolute atomic E-state index is 11.8. The molecule has 0 aromatic heterocycles. The van der Waals surface area contributed by atoms with Crippen LogP contribution in [0.15, 0.2) is 0 Å². The van der Waals surface area contributed by atoms with E-state index in [-0.39, 0.29) is 19.0 Å². The van der Waals surface area contributed by atoms with Crippen molar-refractivity contribution in [3.63, 3.8) is 0 Å². The summed E-state index contributed by atoms with van der Waals surface area (Å²) in [5.41, 5.74) is 0. The van der Waals surface area contributed by atoms with Crippen LogP contribution in [0.4, 0.5) is 0 Å². The number of hydrogen-bond acceptors (Lipinski definition) is 3. The smallest absolute Gasteiger partial charge is 0.317 e. The summed E-state index contributed by atoms with van der Waals surface area (Å²) in [5, 5.41) is 11.5. The number of terminal acetylenes is 1. The first-order chi connectivity index (χ1) is 8.52. The lowest BCUT2D eigenvalue weighted by atomic mass is 10.2. The minimum Gasteiger partial charge on any atom is -0.480 e. The average Bonchev–Trinajstić information content (AvgIpc) is 2.32. The summed E-state index contributed by atoms with van der Waals surface area (Å²) in [6, 6.07) is -0.529. The highest BCUT2D eigenvalue weighted by molar-refractivity contribution is 5.82. The van der Waals surface area contributed by atoms with Gasteiger partial charge in [0.15, 0.2) is 0 Å². The molecule has 0 rings (SSSR count).